The summed E-state index contributed by atoms with van der Waals surface area (Å²) >= 11 is 1.72. The molecule has 0 radical (unpaired) electrons. The van der Waals surface area contributed by atoms with Gasteiger partial charge in [-0.2, -0.15) is 0 Å². The molecule has 1 aromatic heterocycles. The molecule has 1 saturated heterocycles. The number of hydrogen-bond acceptors (Lipinski definition) is 5. The van der Waals surface area contributed by atoms with E-state index in [-0.39, 0.29) is 16.8 Å². The highest BCUT2D eigenvalue weighted by Gasteiger charge is 2.25. The fraction of sp³-hybridized carbons (Fsp3) is 0.450. The van der Waals surface area contributed by atoms with E-state index in [2.05, 4.69) is 28.6 Å². The molecule has 1 atom stereocenters. The third-order valence-corrected chi connectivity index (χ3v) is 7.23. The van der Waals surface area contributed by atoms with E-state index in [0.717, 1.165) is 25.3 Å². The maximum absolute atomic E-state index is 12.5. The Morgan fingerprint density at radius 3 is 2.44 bits per heavy atom. The number of nitrogens with zero attached hydrogens (tertiary/aromatic N) is 1. The Kier molecular flexibility index (Phi) is 6.34. The number of likely N-dealkylation sites (tertiary alicyclic amines) is 1. The van der Waals surface area contributed by atoms with Crippen LogP contribution >= 0.6 is 11.3 Å². The first kappa shape index (κ1) is 20.0. The zero-order chi connectivity index (χ0) is 19.4. The Bertz CT molecular complexity index is 853. The number of hydrogen-bond donors (Lipinski definition) is 1. The number of piperidine rings is 1. The van der Waals surface area contributed by atoms with Crippen LogP contribution in [0.5, 0.6) is 0 Å². The summed E-state index contributed by atoms with van der Waals surface area (Å²) in [5.41, 5.74) is 0.472. The average Bonchev–Trinajstić information content (AvgIpc) is 3.17. The van der Waals surface area contributed by atoms with Crippen molar-refractivity contribution in [2.45, 2.75) is 30.7 Å². The summed E-state index contributed by atoms with van der Waals surface area (Å²) in [4.78, 5) is 16.5. The molecule has 1 N–H and O–H groups in total. The monoisotopic (exact) mass is 406 g/mol. The van der Waals surface area contributed by atoms with Gasteiger partial charge in [0.25, 0.3) is 5.91 Å². The van der Waals surface area contributed by atoms with Crippen molar-refractivity contribution in [1.29, 1.82) is 0 Å². The molecule has 3 rings (SSSR count). The molecule has 27 heavy (non-hydrogen) atoms. The lowest BCUT2D eigenvalue weighted by Crippen LogP contribution is -2.41. The summed E-state index contributed by atoms with van der Waals surface area (Å²) in [5, 5.41) is 5.10. The summed E-state index contributed by atoms with van der Waals surface area (Å²) in [6.45, 7) is 4.92. The van der Waals surface area contributed by atoms with Crippen LogP contribution in [0.2, 0.25) is 0 Å². The Hall–Kier alpha value is -1.70. The van der Waals surface area contributed by atoms with Crippen molar-refractivity contribution in [3.8, 4) is 0 Å². The molecule has 0 saturated carbocycles. The number of sulfone groups is 1. The van der Waals surface area contributed by atoms with Gasteiger partial charge in [0.2, 0.25) is 0 Å². The molecule has 1 fully saturated rings. The van der Waals surface area contributed by atoms with Crippen LogP contribution in [-0.2, 0) is 9.84 Å². The maximum atomic E-state index is 12.5. The molecule has 146 valence electrons. The molecule has 0 spiro atoms. The zero-order valence-electron chi connectivity index (χ0n) is 15.7. The second-order valence-corrected chi connectivity index (χ2v) is 10.3. The number of carbonyl (C=O) groups is 1. The van der Waals surface area contributed by atoms with Crippen molar-refractivity contribution in [3.05, 3.63) is 52.2 Å². The first-order valence-corrected chi connectivity index (χ1v) is 12.0. The van der Waals surface area contributed by atoms with E-state index < -0.39 is 9.84 Å². The van der Waals surface area contributed by atoms with Gasteiger partial charge in [-0.15, -0.1) is 11.3 Å². The minimum Gasteiger partial charge on any atom is -0.350 e. The lowest BCUT2D eigenvalue weighted by molar-refractivity contribution is 0.0915. The number of amides is 1. The maximum Gasteiger partial charge on any atom is 0.251 e. The average molecular weight is 407 g/mol. The van der Waals surface area contributed by atoms with E-state index in [0.29, 0.717) is 12.1 Å². The number of carbonyl (C=O) groups excluding carboxylic acids is 1. The van der Waals surface area contributed by atoms with E-state index in [1.807, 2.05) is 6.07 Å². The SMILES string of the molecule is CC1CCN(C(CNC(=O)c2ccc(S(C)(=O)=O)cc2)c2cccs2)CC1. The van der Waals surface area contributed by atoms with E-state index in [4.69, 9.17) is 0 Å². The van der Waals surface area contributed by atoms with Crippen LogP contribution < -0.4 is 5.32 Å². The molecule has 2 aromatic rings. The highest BCUT2D eigenvalue weighted by molar-refractivity contribution is 7.90. The highest BCUT2D eigenvalue weighted by Crippen LogP contribution is 2.29. The molecule has 1 aliphatic heterocycles. The van der Waals surface area contributed by atoms with Crippen LogP contribution in [0.4, 0.5) is 0 Å². The van der Waals surface area contributed by atoms with Crippen molar-refractivity contribution < 1.29 is 13.2 Å². The summed E-state index contributed by atoms with van der Waals surface area (Å²) in [7, 11) is -3.26. The minimum absolute atomic E-state index is 0.178. The van der Waals surface area contributed by atoms with Gasteiger partial charge in [0.15, 0.2) is 9.84 Å². The highest BCUT2D eigenvalue weighted by atomic mass is 32.2. The van der Waals surface area contributed by atoms with Gasteiger partial charge in [0.05, 0.1) is 10.9 Å². The number of thiophene rings is 1. The van der Waals surface area contributed by atoms with Gasteiger partial charge < -0.3 is 5.32 Å². The molecular formula is C20H26N2O3S2. The van der Waals surface area contributed by atoms with Crippen LogP contribution in [0.15, 0.2) is 46.7 Å². The van der Waals surface area contributed by atoms with Crippen molar-refractivity contribution in [3.63, 3.8) is 0 Å². The topological polar surface area (TPSA) is 66.5 Å². The fourth-order valence-corrected chi connectivity index (χ4v) is 4.87. The summed E-state index contributed by atoms with van der Waals surface area (Å²) in [6, 6.07) is 10.4. The normalized spacial score (nSPS) is 17.6. The van der Waals surface area contributed by atoms with E-state index >= 15 is 0 Å². The lowest BCUT2D eigenvalue weighted by Gasteiger charge is -2.36. The predicted molar refractivity (Wildman–Crippen MR) is 109 cm³/mol. The molecule has 1 amide bonds. The third-order valence-electron chi connectivity index (χ3n) is 5.13. The number of rotatable bonds is 6. The number of benzene rings is 1. The predicted octanol–water partition coefficient (Wildman–Crippen LogP) is 3.35. The molecule has 0 aliphatic carbocycles. The number of nitrogens with one attached hydrogen (secondary N) is 1. The molecule has 1 unspecified atom stereocenters. The Labute approximate surface area is 165 Å². The summed E-state index contributed by atoms with van der Waals surface area (Å²) in [5.74, 6) is 0.579. The smallest absolute Gasteiger partial charge is 0.251 e. The van der Waals surface area contributed by atoms with Gasteiger partial charge in [0.1, 0.15) is 0 Å². The standard InChI is InChI=1S/C20H26N2O3S2/c1-15-9-11-22(12-10-15)18(19-4-3-13-26-19)14-21-20(23)16-5-7-17(8-6-16)27(2,24)25/h3-8,13,15,18H,9-12,14H2,1-2H3,(H,21,23). The van der Waals surface area contributed by atoms with E-state index in [1.54, 1.807) is 23.5 Å². The van der Waals surface area contributed by atoms with Gasteiger partial charge in [-0.1, -0.05) is 13.0 Å². The van der Waals surface area contributed by atoms with Crippen LogP contribution in [0.3, 0.4) is 0 Å². The molecule has 5 nitrogen and oxygen atoms in total. The Balaban J connectivity index is 1.67. The summed E-state index contributed by atoms with van der Waals surface area (Å²) < 4.78 is 23.1. The molecule has 0 bridgehead atoms. The van der Waals surface area contributed by atoms with Crippen molar-refractivity contribution >= 4 is 27.1 Å². The lowest BCUT2D eigenvalue weighted by atomic mass is 9.97. The first-order chi connectivity index (χ1) is 12.8. The van der Waals surface area contributed by atoms with Crippen LogP contribution in [0.25, 0.3) is 0 Å². The zero-order valence-corrected chi connectivity index (χ0v) is 17.4. The van der Waals surface area contributed by atoms with Crippen LogP contribution in [0, 0.1) is 5.92 Å². The van der Waals surface area contributed by atoms with Crippen molar-refractivity contribution in [2.24, 2.45) is 5.92 Å². The van der Waals surface area contributed by atoms with E-state index in [1.165, 1.54) is 29.9 Å². The Morgan fingerprint density at radius 2 is 1.89 bits per heavy atom. The third kappa shape index (κ3) is 5.18. The first-order valence-electron chi connectivity index (χ1n) is 9.20. The Morgan fingerprint density at radius 1 is 1.22 bits per heavy atom. The van der Waals surface area contributed by atoms with Gasteiger partial charge >= 0.3 is 0 Å². The molecule has 1 aliphatic rings. The van der Waals surface area contributed by atoms with Gasteiger partial charge in [0, 0.05) is 23.2 Å². The largest absolute Gasteiger partial charge is 0.350 e. The van der Waals surface area contributed by atoms with Crippen LogP contribution in [-0.4, -0.2) is 45.1 Å². The van der Waals surface area contributed by atoms with Gasteiger partial charge in [-0.3, -0.25) is 9.69 Å². The molecule has 1 aromatic carbocycles. The molecule has 7 heteroatoms. The molecular weight excluding hydrogens is 380 g/mol. The summed E-state index contributed by atoms with van der Waals surface area (Å²) in [6.07, 6.45) is 3.53. The van der Waals surface area contributed by atoms with E-state index in [9.17, 15) is 13.2 Å². The van der Waals surface area contributed by atoms with Gasteiger partial charge in [-0.05, 0) is 67.6 Å². The second kappa shape index (κ2) is 8.54. The van der Waals surface area contributed by atoms with Gasteiger partial charge in [-0.25, -0.2) is 8.42 Å². The quantitative estimate of drug-likeness (QED) is 0.799. The van der Waals surface area contributed by atoms with Crippen molar-refractivity contribution in [1.82, 2.24) is 10.2 Å². The minimum atomic E-state index is -3.26. The second-order valence-electron chi connectivity index (χ2n) is 7.26. The van der Waals surface area contributed by atoms with Crippen LogP contribution in [0.1, 0.15) is 41.0 Å². The molecule has 2 heterocycles. The van der Waals surface area contributed by atoms with Crippen molar-refractivity contribution in [2.75, 3.05) is 25.9 Å². The fourth-order valence-electron chi connectivity index (χ4n) is 3.38.